The molecule has 6 heteroatoms. The lowest BCUT2D eigenvalue weighted by atomic mass is 10.0. The highest BCUT2D eigenvalue weighted by atomic mass is 35.5. The fraction of sp³-hybridized carbons (Fsp3) is 0.316. The summed E-state index contributed by atoms with van der Waals surface area (Å²) in [5, 5.41) is 6.73. The first-order valence-corrected chi connectivity index (χ1v) is 9.14. The molecule has 3 rings (SSSR count). The molecule has 1 aliphatic heterocycles. The minimum absolute atomic E-state index is 0.190. The molecule has 132 valence electrons. The summed E-state index contributed by atoms with van der Waals surface area (Å²) in [4.78, 5) is 14.6. The van der Waals surface area contributed by atoms with Crippen LogP contribution < -0.4 is 10.6 Å². The minimum atomic E-state index is -0.208. The number of hydrogen-bond acceptors (Lipinski definition) is 2. The Bertz CT molecular complexity index is 716. The smallest absolute Gasteiger partial charge is 0.319 e. The average Bonchev–Trinajstić information content (AvgIpc) is 2.61. The van der Waals surface area contributed by atoms with Crippen molar-refractivity contribution < 1.29 is 4.79 Å². The molecule has 2 aromatic carbocycles. The number of benzene rings is 2. The topological polar surface area (TPSA) is 44.4 Å². The number of piperidine rings is 1. The summed E-state index contributed by atoms with van der Waals surface area (Å²) < 4.78 is 0. The Balaban J connectivity index is 1.43. The quantitative estimate of drug-likeness (QED) is 0.804. The van der Waals surface area contributed by atoms with Crippen LogP contribution in [0.4, 0.5) is 10.5 Å². The molecular weight excluding hydrogens is 357 g/mol. The van der Waals surface area contributed by atoms with Crippen LogP contribution in [0, 0.1) is 0 Å². The summed E-state index contributed by atoms with van der Waals surface area (Å²) in [5.74, 6) is 0. The van der Waals surface area contributed by atoms with Gasteiger partial charge in [0.15, 0.2) is 0 Å². The number of nitrogens with zero attached hydrogens (tertiary/aromatic N) is 1. The number of likely N-dealkylation sites (tertiary alicyclic amines) is 1. The fourth-order valence-electron chi connectivity index (χ4n) is 3.00. The molecule has 2 amide bonds. The number of hydrogen-bond donors (Lipinski definition) is 2. The highest BCUT2D eigenvalue weighted by Crippen LogP contribution is 2.25. The molecule has 0 atom stereocenters. The molecule has 0 unspecified atom stereocenters. The second kappa shape index (κ2) is 8.56. The number of halogens is 2. The molecule has 1 fully saturated rings. The van der Waals surface area contributed by atoms with Crippen LogP contribution >= 0.6 is 23.2 Å². The van der Waals surface area contributed by atoms with Crippen molar-refractivity contribution in [2.45, 2.75) is 25.4 Å². The van der Waals surface area contributed by atoms with Crippen molar-refractivity contribution in [2.24, 2.45) is 0 Å². The van der Waals surface area contributed by atoms with Crippen molar-refractivity contribution in [1.82, 2.24) is 10.2 Å². The summed E-state index contributed by atoms with van der Waals surface area (Å²) in [7, 11) is 0. The van der Waals surface area contributed by atoms with Crippen LogP contribution in [0.2, 0.25) is 10.0 Å². The number of amides is 2. The number of carbonyl (C=O) groups excluding carboxylic acids is 1. The second-order valence-electron chi connectivity index (χ2n) is 6.26. The third-order valence-corrected chi connectivity index (χ3v) is 5.09. The predicted molar refractivity (Wildman–Crippen MR) is 103 cm³/mol. The summed E-state index contributed by atoms with van der Waals surface area (Å²) in [6.07, 6.45) is 1.89. The number of anilines is 1. The maximum Gasteiger partial charge on any atom is 0.319 e. The predicted octanol–water partition coefficient (Wildman–Crippen LogP) is 4.78. The van der Waals surface area contributed by atoms with Gasteiger partial charge >= 0.3 is 6.03 Å². The van der Waals surface area contributed by atoms with Gasteiger partial charge in [0.05, 0.1) is 10.0 Å². The van der Waals surface area contributed by atoms with Gasteiger partial charge in [-0.25, -0.2) is 4.79 Å². The van der Waals surface area contributed by atoms with E-state index >= 15 is 0 Å². The van der Waals surface area contributed by atoms with Crippen molar-refractivity contribution in [3.05, 3.63) is 64.1 Å². The van der Waals surface area contributed by atoms with Crippen molar-refractivity contribution in [3.63, 3.8) is 0 Å². The molecule has 1 aliphatic rings. The number of urea groups is 1. The average molecular weight is 378 g/mol. The molecule has 0 aliphatic carbocycles. The highest BCUT2D eigenvalue weighted by molar-refractivity contribution is 6.42. The van der Waals surface area contributed by atoms with Gasteiger partial charge in [0.2, 0.25) is 0 Å². The molecule has 25 heavy (non-hydrogen) atoms. The van der Waals surface area contributed by atoms with Crippen LogP contribution in [-0.2, 0) is 6.54 Å². The van der Waals surface area contributed by atoms with Gasteiger partial charge in [-0.15, -0.1) is 0 Å². The first kappa shape index (κ1) is 18.1. The Morgan fingerprint density at radius 3 is 2.44 bits per heavy atom. The van der Waals surface area contributed by atoms with E-state index in [4.69, 9.17) is 23.2 Å². The van der Waals surface area contributed by atoms with Crippen LogP contribution in [0.3, 0.4) is 0 Å². The van der Waals surface area contributed by atoms with Crippen molar-refractivity contribution >= 4 is 34.9 Å². The Kier molecular flexibility index (Phi) is 6.19. The summed E-state index contributed by atoms with van der Waals surface area (Å²) in [6, 6.07) is 15.5. The van der Waals surface area contributed by atoms with Gasteiger partial charge in [-0.2, -0.15) is 0 Å². The van der Waals surface area contributed by atoms with Gasteiger partial charge in [-0.1, -0.05) is 53.5 Å². The monoisotopic (exact) mass is 377 g/mol. The SMILES string of the molecule is O=C(Nc1ccc(Cl)c(Cl)c1)NC1CCN(Cc2ccccc2)CC1. The first-order valence-electron chi connectivity index (χ1n) is 8.39. The molecule has 0 saturated carbocycles. The van der Waals surface area contributed by atoms with Gasteiger partial charge in [-0.05, 0) is 36.6 Å². The van der Waals surface area contributed by atoms with E-state index in [1.54, 1.807) is 18.2 Å². The van der Waals surface area contributed by atoms with E-state index in [-0.39, 0.29) is 12.1 Å². The molecule has 0 spiro atoms. The summed E-state index contributed by atoms with van der Waals surface area (Å²) in [6.45, 7) is 2.92. The standard InChI is InChI=1S/C19H21Cl2N3O/c20-17-7-6-16(12-18(17)21)23-19(25)22-15-8-10-24(11-9-15)13-14-4-2-1-3-5-14/h1-7,12,15H,8-11,13H2,(H2,22,23,25). The van der Waals surface area contributed by atoms with Crippen LogP contribution in [0.1, 0.15) is 18.4 Å². The van der Waals surface area contributed by atoms with Gasteiger partial charge < -0.3 is 10.6 Å². The molecule has 0 aromatic heterocycles. The zero-order valence-corrected chi connectivity index (χ0v) is 15.4. The Morgan fingerprint density at radius 2 is 1.76 bits per heavy atom. The van der Waals surface area contributed by atoms with Crippen LogP contribution in [0.5, 0.6) is 0 Å². The van der Waals surface area contributed by atoms with E-state index in [9.17, 15) is 4.79 Å². The van der Waals surface area contributed by atoms with E-state index in [0.717, 1.165) is 32.5 Å². The summed E-state index contributed by atoms with van der Waals surface area (Å²) >= 11 is 11.8. The molecule has 2 N–H and O–H groups in total. The minimum Gasteiger partial charge on any atom is -0.335 e. The third kappa shape index (κ3) is 5.36. The Hall–Kier alpha value is -1.75. The highest BCUT2D eigenvalue weighted by Gasteiger charge is 2.20. The van der Waals surface area contributed by atoms with Gasteiger partial charge in [-0.3, -0.25) is 4.90 Å². The van der Waals surface area contributed by atoms with E-state index in [2.05, 4.69) is 39.8 Å². The lowest BCUT2D eigenvalue weighted by Crippen LogP contribution is -2.45. The molecule has 1 saturated heterocycles. The largest absolute Gasteiger partial charge is 0.335 e. The second-order valence-corrected chi connectivity index (χ2v) is 7.08. The normalized spacial score (nSPS) is 15.8. The molecular formula is C19H21Cl2N3O. The van der Waals surface area contributed by atoms with Crippen molar-refractivity contribution in [1.29, 1.82) is 0 Å². The first-order chi connectivity index (χ1) is 12.1. The summed E-state index contributed by atoms with van der Waals surface area (Å²) in [5.41, 5.74) is 1.96. The number of nitrogens with one attached hydrogen (secondary N) is 2. The molecule has 0 bridgehead atoms. The zero-order valence-electron chi connectivity index (χ0n) is 13.8. The van der Waals surface area contributed by atoms with Crippen molar-refractivity contribution in [3.8, 4) is 0 Å². The zero-order chi connectivity index (χ0) is 17.6. The maximum atomic E-state index is 12.1. The lowest BCUT2D eigenvalue weighted by molar-refractivity contribution is 0.190. The molecule has 2 aromatic rings. The van der Waals surface area contributed by atoms with E-state index in [1.165, 1.54) is 5.56 Å². The van der Waals surface area contributed by atoms with Crippen LogP contribution in [-0.4, -0.2) is 30.1 Å². The van der Waals surface area contributed by atoms with E-state index in [0.29, 0.717) is 15.7 Å². The molecule has 0 radical (unpaired) electrons. The van der Waals surface area contributed by atoms with Crippen molar-refractivity contribution in [2.75, 3.05) is 18.4 Å². The maximum absolute atomic E-state index is 12.1. The Labute approximate surface area is 158 Å². The number of rotatable bonds is 4. The van der Waals surface area contributed by atoms with Crippen LogP contribution in [0.25, 0.3) is 0 Å². The Morgan fingerprint density at radius 1 is 1.04 bits per heavy atom. The third-order valence-electron chi connectivity index (χ3n) is 4.35. The van der Waals surface area contributed by atoms with Crippen LogP contribution in [0.15, 0.2) is 48.5 Å². The fourth-order valence-corrected chi connectivity index (χ4v) is 3.30. The van der Waals surface area contributed by atoms with E-state index in [1.807, 2.05) is 6.07 Å². The van der Waals surface area contributed by atoms with Gasteiger partial charge in [0.1, 0.15) is 0 Å². The molecule has 4 nitrogen and oxygen atoms in total. The number of carbonyl (C=O) groups is 1. The molecule has 1 heterocycles. The van der Waals surface area contributed by atoms with Gasteiger partial charge in [0, 0.05) is 31.4 Å². The van der Waals surface area contributed by atoms with E-state index < -0.39 is 0 Å². The van der Waals surface area contributed by atoms with Gasteiger partial charge in [0.25, 0.3) is 0 Å². The lowest BCUT2D eigenvalue weighted by Gasteiger charge is -2.32.